The fraction of sp³-hybridized carbons (Fsp3) is 0. The van der Waals surface area contributed by atoms with Gasteiger partial charge in [-0.3, -0.25) is 15.8 Å². The predicted octanol–water partition coefficient (Wildman–Crippen LogP) is 0.824. The van der Waals surface area contributed by atoms with Crippen molar-refractivity contribution in [3.8, 4) is 0 Å². The van der Waals surface area contributed by atoms with Crippen LogP contribution >= 0.6 is 0 Å². The van der Waals surface area contributed by atoms with Crippen molar-refractivity contribution in [2.75, 3.05) is 5.73 Å². The first-order valence-corrected chi connectivity index (χ1v) is 6.67. The molecular weight excluding hydrogens is 270 g/mol. The second-order valence-corrected chi connectivity index (χ2v) is 5.63. The van der Waals surface area contributed by atoms with Crippen molar-refractivity contribution in [2.45, 2.75) is 9.79 Å². The zero-order valence-corrected chi connectivity index (χ0v) is 10.4. The Balaban J connectivity index is 2.65. The van der Waals surface area contributed by atoms with Crippen molar-refractivity contribution < 1.29 is 18.3 Å². The number of hydrogen-bond donors (Lipinski definition) is 1. The molecule has 98 valence electrons. The van der Waals surface area contributed by atoms with Crippen LogP contribution in [-0.2, 0) is 9.84 Å². The molecule has 0 amide bonds. The zero-order valence-electron chi connectivity index (χ0n) is 9.61. The number of nitrogens with zero attached hydrogens (tertiary/aromatic N) is 1. The summed E-state index contributed by atoms with van der Waals surface area (Å²) in [7, 11) is -3.89. The largest absolute Gasteiger partial charge is 0.309 e. The zero-order chi connectivity index (χ0) is 14.0. The van der Waals surface area contributed by atoms with Gasteiger partial charge < -0.3 is 0 Å². The number of aromatic amines is 1. The molecule has 0 aliphatic heterocycles. The number of rotatable bonds is 3. The molecule has 0 radical (unpaired) electrons. The van der Waals surface area contributed by atoms with Gasteiger partial charge in [0.1, 0.15) is 0 Å². The van der Waals surface area contributed by atoms with Gasteiger partial charge in [0, 0.05) is 6.07 Å². The highest BCUT2D eigenvalue weighted by molar-refractivity contribution is 7.91. The molecule has 0 fully saturated rings. The molecule has 2 rings (SSSR count). The second-order valence-electron chi connectivity index (χ2n) is 3.71. The van der Waals surface area contributed by atoms with Gasteiger partial charge in [-0.1, -0.05) is 18.2 Å². The monoisotopic (exact) mass is 280 g/mol. The lowest BCUT2D eigenvalue weighted by Gasteiger charge is -2.03. The third kappa shape index (κ3) is 2.38. The number of nitrogen functional groups attached to an aromatic ring is 1. The first-order valence-electron chi connectivity index (χ1n) is 5.18. The van der Waals surface area contributed by atoms with Crippen LogP contribution in [0.25, 0.3) is 0 Å². The molecule has 1 aromatic carbocycles. The third-order valence-corrected chi connectivity index (χ3v) is 4.28. The topological polar surface area (TPSA) is 117 Å². The molecule has 0 unspecified atom stereocenters. The van der Waals surface area contributed by atoms with E-state index in [4.69, 9.17) is 5.73 Å². The van der Waals surface area contributed by atoms with E-state index < -0.39 is 14.8 Å². The Bertz CT molecular complexity index is 729. The summed E-state index contributed by atoms with van der Waals surface area (Å²) in [4.78, 5) is 12.1. The van der Waals surface area contributed by atoms with E-state index in [0.717, 1.165) is 12.3 Å². The normalized spacial score (nSPS) is 11.2. The smallest absolute Gasteiger partial charge is 0.286 e. The van der Waals surface area contributed by atoms with Crippen LogP contribution in [0.4, 0.5) is 11.5 Å². The van der Waals surface area contributed by atoms with Crippen molar-refractivity contribution >= 4 is 21.3 Å². The number of sulfone groups is 1. The molecule has 1 heterocycles. The number of pyridine rings is 1. The van der Waals surface area contributed by atoms with Crippen LogP contribution in [-0.4, -0.2) is 13.3 Å². The molecule has 8 heteroatoms. The van der Waals surface area contributed by atoms with E-state index in [1.54, 1.807) is 18.2 Å². The van der Waals surface area contributed by atoms with Crippen LogP contribution in [0.3, 0.4) is 0 Å². The van der Waals surface area contributed by atoms with E-state index in [1.165, 1.54) is 12.1 Å². The Labute approximate surface area is 108 Å². The second kappa shape index (κ2) is 4.65. The standard InChI is InChI=1S/C11H9N3O4S/c12-11-10(6-8(7-13-11)14(15)16)19(17,18)9-4-2-1-3-5-9/h1-7H,(H2,12,13)/p+1. The summed E-state index contributed by atoms with van der Waals surface area (Å²) in [6.07, 6.45) is 1.04. The van der Waals surface area contributed by atoms with E-state index >= 15 is 0 Å². The third-order valence-electron chi connectivity index (χ3n) is 2.47. The molecule has 0 saturated heterocycles. The van der Waals surface area contributed by atoms with Crippen LogP contribution in [0.1, 0.15) is 0 Å². The van der Waals surface area contributed by atoms with Crippen molar-refractivity contribution in [3.05, 3.63) is 52.7 Å². The van der Waals surface area contributed by atoms with Crippen LogP contribution in [0.2, 0.25) is 0 Å². The molecule has 1 aromatic heterocycles. The highest BCUT2D eigenvalue weighted by atomic mass is 32.2. The first-order chi connectivity index (χ1) is 8.93. The van der Waals surface area contributed by atoms with E-state index in [1.807, 2.05) is 0 Å². The number of hydrogen-bond acceptors (Lipinski definition) is 5. The lowest BCUT2D eigenvalue weighted by atomic mass is 10.4. The Morgan fingerprint density at radius 2 is 1.84 bits per heavy atom. The minimum Gasteiger partial charge on any atom is -0.286 e. The van der Waals surface area contributed by atoms with Crippen molar-refractivity contribution in [1.82, 2.24) is 0 Å². The van der Waals surface area contributed by atoms with Crippen LogP contribution in [0.15, 0.2) is 52.4 Å². The Hall–Kier alpha value is -2.48. The van der Waals surface area contributed by atoms with Crippen molar-refractivity contribution in [1.29, 1.82) is 0 Å². The molecular formula is C11H10N3O4S+. The summed E-state index contributed by atoms with van der Waals surface area (Å²) < 4.78 is 24.6. The molecule has 0 aliphatic rings. The first kappa shape index (κ1) is 13.0. The summed E-state index contributed by atoms with van der Waals surface area (Å²) in [6.45, 7) is 0. The number of nitro groups is 1. The molecule has 0 spiro atoms. The minimum absolute atomic E-state index is 0.0237. The van der Waals surface area contributed by atoms with Crippen LogP contribution in [0, 0.1) is 10.1 Å². The van der Waals surface area contributed by atoms with Gasteiger partial charge in [0.25, 0.3) is 5.82 Å². The maximum Gasteiger partial charge on any atom is 0.309 e. The fourth-order valence-corrected chi connectivity index (χ4v) is 2.92. The Morgan fingerprint density at radius 3 is 2.42 bits per heavy atom. The quantitative estimate of drug-likeness (QED) is 0.659. The van der Waals surface area contributed by atoms with Gasteiger partial charge in [-0.15, -0.1) is 0 Å². The van der Waals surface area contributed by atoms with E-state index in [0.29, 0.717) is 0 Å². The predicted molar refractivity (Wildman–Crippen MR) is 66.0 cm³/mol. The summed E-state index contributed by atoms with van der Waals surface area (Å²) in [5.74, 6) is -0.144. The van der Waals surface area contributed by atoms with Gasteiger partial charge in [0.15, 0.2) is 11.1 Å². The number of benzene rings is 1. The fourth-order valence-electron chi connectivity index (χ4n) is 1.53. The highest BCUT2D eigenvalue weighted by Gasteiger charge is 2.27. The lowest BCUT2D eigenvalue weighted by Crippen LogP contribution is -2.17. The molecule has 7 nitrogen and oxygen atoms in total. The Kier molecular flexibility index (Phi) is 3.17. The number of H-pyrrole nitrogens is 1. The van der Waals surface area contributed by atoms with Gasteiger partial charge in [-0.2, -0.15) is 0 Å². The summed E-state index contributed by atoms with van der Waals surface area (Å²) in [6, 6.07) is 8.52. The summed E-state index contributed by atoms with van der Waals surface area (Å²) in [5, 5.41) is 10.7. The molecule has 19 heavy (non-hydrogen) atoms. The highest BCUT2D eigenvalue weighted by Crippen LogP contribution is 2.25. The maximum absolute atomic E-state index is 12.3. The van der Waals surface area contributed by atoms with Crippen molar-refractivity contribution in [2.24, 2.45) is 0 Å². The van der Waals surface area contributed by atoms with Crippen LogP contribution in [0.5, 0.6) is 0 Å². The number of anilines is 1. The number of aromatic nitrogens is 1. The molecule has 0 bridgehead atoms. The van der Waals surface area contributed by atoms with E-state index in [2.05, 4.69) is 4.98 Å². The molecule has 0 aliphatic carbocycles. The lowest BCUT2D eigenvalue weighted by molar-refractivity contribution is -0.414. The van der Waals surface area contributed by atoms with Crippen molar-refractivity contribution in [3.63, 3.8) is 0 Å². The van der Waals surface area contributed by atoms with Gasteiger partial charge in [0.2, 0.25) is 9.84 Å². The SMILES string of the molecule is Nc1[nH+]cc([N+](=O)[O-])cc1S(=O)(=O)c1ccccc1. The average Bonchev–Trinajstić information content (AvgIpc) is 2.39. The Morgan fingerprint density at radius 1 is 1.21 bits per heavy atom. The van der Waals surface area contributed by atoms with Crippen LogP contribution < -0.4 is 10.7 Å². The summed E-state index contributed by atoms with van der Waals surface area (Å²) in [5.41, 5.74) is 5.18. The summed E-state index contributed by atoms with van der Waals surface area (Å²) >= 11 is 0. The van der Waals surface area contributed by atoms with Gasteiger partial charge in [-0.05, 0) is 12.1 Å². The van der Waals surface area contributed by atoms with Gasteiger partial charge in [0.05, 0.1) is 9.82 Å². The molecule has 2 aromatic rings. The molecule has 0 saturated carbocycles. The van der Waals surface area contributed by atoms with E-state index in [9.17, 15) is 18.5 Å². The maximum atomic E-state index is 12.3. The van der Waals surface area contributed by atoms with Gasteiger partial charge in [-0.25, -0.2) is 13.4 Å². The average molecular weight is 280 g/mol. The molecule has 0 atom stereocenters. The minimum atomic E-state index is -3.89. The number of nitrogens with two attached hydrogens (primary N) is 1. The molecule has 3 N–H and O–H groups in total. The number of nitrogens with one attached hydrogen (secondary N) is 1. The van der Waals surface area contributed by atoms with E-state index in [-0.39, 0.29) is 21.3 Å². The van der Waals surface area contributed by atoms with Gasteiger partial charge >= 0.3 is 5.69 Å².